The SMILES string of the molecule is NCC(NC(=O)c1csc(-c2c(F)cccc2F)n1)C1CC1. The van der Waals surface area contributed by atoms with Gasteiger partial charge in [-0.1, -0.05) is 6.07 Å². The zero-order chi connectivity index (χ0) is 15.7. The molecule has 1 amide bonds. The van der Waals surface area contributed by atoms with Crippen molar-refractivity contribution in [3.05, 3.63) is 40.9 Å². The van der Waals surface area contributed by atoms with Crippen molar-refractivity contribution in [2.24, 2.45) is 11.7 Å². The highest BCUT2D eigenvalue weighted by Crippen LogP contribution is 2.32. The number of benzene rings is 1. The highest BCUT2D eigenvalue weighted by molar-refractivity contribution is 7.13. The molecule has 1 aromatic carbocycles. The number of rotatable bonds is 5. The Kier molecular flexibility index (Phi) is 4.17. The molecule has 1 heterocycles. The van der Waals surface area contributed by atoms with Gasteiger partial charge in [-0.3, -0.25) is 4.79 Å². The molecule has 1 aliphatic carbocycles. The fourth-order valence-corrected chi connectivity index (χ4v) is 3.15. The van der Waals surface area contributed by atoms with Gasteiger partial charge in [0.15, 0.2) is 0 Å². The molecule has 1 unspecified atom stereocenters. The van der Waals surface area contributed by atoms with Crippen molar-refractivity contribution < 1.29 is 13.6 Å². The number of halogens is 2. The monoisotopic (exact) mass is 323 g/mol. The van der Waals surface area contributed by atoms with Gasteiger partial charge in [-0.2, -0.15) is 0 Å². The van der Waals surface area contributed by atoms with Gasteiger partial charge in [0.05, 0.1) is 5.56 Å². The maximum Gasteiger partial charge on any atom is 0.271 e. The van der Waals surface area contributed by atoms with Gasteiger partial charge in [0.25, 0.3) is 5.91 Å². The lowest BCUT2D eigenvalue weighted by Crippen LogP contribution is -2.41. The maximum absolute atomic E-state index is 13.7. The van der Waals surface area contributed by atoms with Crippen molar-refractivity contribution in [3.63, 3.8) is 0 Å². The Morgan fingerprint density at radius 3 is 2.68 bits per heavy atom. The predicted molar refractivity (Wildman–Crippen MR) is 80.5 cm³/mol. The number of carbonyl (C=O) groups excluding carboxylic acids is 1. The summed E-state index contributed by atoms with van der Waals surface area (Å²) in [5.41, 5.74) is 5.59. The van der Waals surface area contributed by atoms with Crippen LogP contribution in [0.1, 0.15) is 23.3 Å². The summed E-state index contributed by atoms with van der Waals surface area (Å²) in [5, 5.41) is 4.48. The average Bonchev–Trinajstić information content (AvgIpc) is 3.22. The number of carbonyl (C=O) groups is 1. The van der Waals surface area contributed by atoms with Crippen LogP contribution in [0.3, 0.4) is 0 Å². The van der Waals surface area contributed by atoms with E-state index in [0.29, 0.717) is 12.5 Å². The van der Waals surface area contributed by atoms with Crippen LogP contribution in [0.25, 0.3) is 10.6 Å². The van der Waals surface area contributed by atoms with Crippen LogP contribution in [0.2, 0.25) is 0 Å². The minimum Gasteiger partial charge on any atom is -0.346 e. The van der Waals surface area contributed by atoms with Crippen molar-refractivity contribution in [1.29, 1.82) is 0 Å². The van der Waals surface area contributed by atoms with E-state index in [4.69, 9.17) is 5.73 Å². The first-order chi connectivity index (χ1) is 10.6. The fourth-order valence-electron chi connectivity index (χ4n) is 2.31. The fraction of sp³-hybridized carbons (Fsp3) is 0.333. The summed E-state index contributed by atoms with van der Waals surface area (Å²) in [4.78, 5) is 16.2. The van der Waals surface area contributed by atoms with Gasteiger partial charge >= 0.3 is 0 Å². The molecule has 0 spiro atoms. The van der Waals surface area contributed by atoms with Crippen LogP contribution in [-0.2, 0) is 0 Å². The van der Waals surface area contributed by atoms with Gasteiger partial charge in [0, 0.05) is 18.0 Å². The summed E-state index contributed by atoms with van der Waals surface area (Å²) in [7, 11) is 0. The van der Waals surface area contributed by atoms with E-state index < -0.39 is 11.6 Å². The Morgan fingerprint density at radius 1 is 1.41 bits per heavy atom. The molecule has 3 rings (SSSR count). The quantitative estimate of drug-likeness (QED) is 0.888. The van der Waals surface area contributed by atoms with Gasteiger partial charge in [-0.15, -0.1) is 11.3 Å². The zero-order valence-electron chi connectivity index (χ0n) is 11.7. The number of hydrogen-bond donors (Lipinski definition) is 2. The largest absolute Gasteiger partial charge is 0.346 e. The van der Waals surface area contributed by atoms with Crippen molar-refractivity contribution in [1.82, 2.24) is 10.3 Å². The second-order valence-electron chi connectivity index (χ2n) is 5.29. The Balaban J connectivity index is 1.80. The minimum atomic E-state index is -0.695. The first-order valence-corrected chi connectivity index (χ1v) is 7.89. The molecule has 1 aliphatic rings. The highest BCUT2D eigenvalue weighted by Gasteiger charge is 2.31. The zero-order valence-corrected chi connectivity index (χ0v) is 12.5. The van der Waals surface area contributed by atoms with Gasteiger partial charge < -0.3 is 11.1 Å². The molecule has 4 nitrogen and oxygen atoms in total. The molecule has 1 fully saturated rings. The van der Waals surface area contributed by atoms with Gasteiger partial charge in [-0.05, 0) is 30.9 Å². The second kappa shape index (κ2) is 6.10. The first-order valence-electron chi connectivity index (χ1n) is 7.01. The van der Waals surface area contributed by atoms with Crippen LogP contribution >= 0.6 is 11.3 Å². The lowest BCUT2D eigenvalue weighted by molar-refractivity contribution is 0.0929. The lowest BCUT2D eigenvalue weighted by Gasteiger charge is -2.14. The van der Waals surface area contributed by atoms with E-state index in [-0.39, 0.29) is 28.2 Å². The number of thiazole rings is 1. The molecule has 3 N–H and O–H groups in total. The van der Waals surface area contributed by atoms with E-state index in [1.807, 2.05) is 0 Å². The molecule has 0 bridgehead atoms. The van der Waals surface area contributed by atoms with Crippen LogP contribution in [-0.4, -0.2) is 23.5 Å². The van der Waals surface area contributed by atoms with E-state index in [9.17, 15) is 13.6 Å². The molecule has 0 radical (unpaired) electrons. The second-order valence-corrected chi connectivity index (χ2v) is 6.15. The lowest BCUT2D eigenvalue weighted by atomic mass is 10.2. The van der Waals surface area contributed by atoms with Crippen LogP contribution in [0.15, 0.2) is 23.6 Å². The first kappa shape index (κ1) is 15.1. The van der Waals surface area contributed by atoms with Gasteiger partial charge in [0.1, 0.15) is 22.3 Å². The molecule has 1 saturated carbocycles. The molecule has 1 atom stereocenters. The summed E-state index contributed by atoms with van der Waals surface area (Å²) in [5.74, 6) is -1.32. The van der Waals surface area contributed by atoms with Gasteiger partial charge in [-0.25, -0.2) is 13.8 Å². The van der Waals surface area contributed by atoms with E-state index in [1.165, 1.54) is 11.4 Å². The molecule has 1 aromatic heterocycles. The third-order valence-electron chi connectivity index (χ3n) is 3.67. The number of aromatic nitrogens is 1. The third kappa shape index (κ3) is 3.00. The summed E-state index contributed by atoms with van der Waals surface area (Å²) < 4.78 is 27.5. The van der Waals surface area contributed by atoms with Crippen LogP contribution in [0.5, 0.6) is 0 Å². The van der Waals surface area contributed by atoms with Crippen LogP contribution < -0.4 is 11.1 Å². The molecular formula is C15H15F2N3OS. The smallest absolute Gasteiger partial charge is 0.271 e. The normalized spacial score (nSPS) is 15.6. The van der Waals surface area contributed by atoms with Crippen molar-refractivity contribution >= 4 is 17.2 Å². The van der Waals surface area contributed by atoms with Crippen LogP contribution in [0.4, 0.5) is 8.78 Å². The topological polar surface area (TPSA) is 68.0 Å². The summed E-state index contributed by atoms with van der Waals surface area (Å²) in [6.45, 7) is 0.370. The molecule has 0 saturated heterocycles. The summed E-state index contributed by atoms with van der Waals surface area (Å²) in [6.07, 6.45) is 2.12. The predicted octanol–water partition coefficient (Wildman–Crippen LogP) is 2.56. The standard InChI is InChI=1S/C15H15F2N3OS/c16-9-2-1-3-10(17)13(9)15-20-12(7-22-15)14(21)19-11(6-18)8-4-5-8/h1-3,7-8,11H,4-6,18H2,(H,19,21). The Labute approximate surface area is 130 Å². The molecule has 22 heavy (non-hydrogen) atoms. The number of nitrogens with zero attached hydrogens (tertiary/aromatic N) is 1. The number of amides is 1. The van der Waals surface area contributed by atoms with Crippen molar-refractivity contribution in [3.8, 4) is 10.6 Å². The number of hydrogen-bond acceptors (Lipinski definition) is 4. The van der Waals surface area contributed by atoms with E-state index in [0.717, 1.165) is 36.3 Å². The van der Waals surface area contributed by atoms with E-state index in [2.05, 4.69) is 10.3 Å². The summed E-state index contributed by atoms with van der Waals surface area (Å²) in [6, 6.07) is 3.55. The number of nitrogens with one attached hydrogen (secondary N) is 1. The Bertz CT molecular complexity index is 680. The van der Waals surface area contributed by atoms with Crippen molar-refractivity contribution in [2.75, 3.05) is 6.54 Å². The van der Waals surface area contributed by atoms with Crippen LogP contribution in [0, 0.1) is 17.6 Å². The Morgan fingerprint density at radius 2 is 2.09 bits per heavy atom. The maximum atomic E-state index is 13.7. The molecule has 116 valence electrons. The third-order valence-corrected chi connectivity index (χ3v) is 4.53. The van der Waals surface area contributed by atoms with E-state index in [1.54, 1.807) is 0 Å². The summed E-state index contributed by atoms with van der Waals surface area (Å²) >= 11 is 1.03. The van der Waals surface area contributed by atoms with E-state index >= 15 is 0 Å². The molecule has 0 aliphatic heterocycles. The molecule has 7 heteroatoms. The number of nitrogens with two attached hydrogens (primary N) is 1. The highest BCUT2D eigenvalue weighted by atomic mass is 32.1. The van der Waals surface area contributed by atoms with Crippen molar-refractivity contribution in [2.45, 2.75) is 18.9 Å². The minimum absolute atomic E-state index is 0.0668. The molecule has 2 aromatic rings. The van der Waals surface area contributed by atoms with Gasteiger partial charge in [0.2, 0.25) is 0 Å². The average molecular weight is 323 g/mol. The Hall–Kier alpha value is -1.86. The molecular weight excluding hydrogens is 308 g/mol.